The molecule has 0 bridgehead atoms. The second kappa shape index (κ2) is 6.46. The maximum absolute atomic E-state index is 12.6. The first-order valence-corrected chi connectivity index (χ1v) is 8.27. The summed E-state index contributed by atoms with van der Waals surface area (Å²) in [5.74, 6) is 0.0323. The Morgan fingerprint density at radius 3 is 3.19 bits per heavy atom. The van der Waals surface area contributed by atoms with Gasteiger partial charge < -0.3 is 14.4 Å². The Morgan fingerprint density at radius 1 is 1.57 bits per heavy atom. The molecule has 0 spiro atoms. The first-order valence-electron chi connectivity index (χ1n) is 7.48. The van der Waals surface area contributed by atoms with Gasteiger partial charge in [-0.2, -0.15) is 0 Å². The van der Waals surface area contributed by atoms with Gasteiger partial charge in [0.25, 0.3) is 5.91 Å². The summed E-state index contributed by atoms with van der Waals surface area (Å²) < 4.78 is 12.2. The van der Waals surface area contributed by atoms with Crippen LogP contribution in [0.5, 0.6) is 0 Å². The lowest BCUT2D eigenvalue weighted by Crippen LogP contribution is -2.39. The zero-order valence-corrected chi connectivity index (χ0v) is 13.8. The lowest BCUT2D eigenvalue weighted by Gasteiger charge is -2.23. The first-order chi connectivity index (χ1) is 10.1. The Bertz CT molecular complexity index is 528. The fraction of sp³-hybridized carbons (Fsp3) is 0.562. The van der Waals surface area contributed by atoms with Gasteiger partial charge in [-0.15, -0.1) is 0 Å². The third kappa shape index (κ3) is 3.30. The largest absolute Gasteiger partial charge is 0.376 e. The van der Waals surface area contributed by atoms with Crippen molar-refractivity contribution in [3.8, 4) is 0 Å². The normalized spacial score (nSPS) is 22.4. The van der Waals surface area contributed by atoms with Gasteiger partial charge in [0.2, 0.25) is 0 Å². The average Bonchev–Trinajstić information content (AvgIpc) is 3.12. The fourth-order valence-corrected chi connectivity index (χ4v) is 3.25. The minimum atomic E-state index is -0.431. The Kier molecular flexibility index (Phi) is 4.62. The zero-order chi connectivity index (χ0) is 14.8. The Balaban J connectivity index is 1.62. The number of anilines is 1. The second-order valence-corrected chi connectivity index (χ2v) is 6.54. The van der Waals surface area contributed by atoms with E-state index in [1.165, 1.54) is 5.56 Å². The molecule has 2 unspecified atom stereocenters. The van der Waals surface area contributed by atoms with Crippen LogP contribution in [0.1, 0.15) is 25.3 Å². The highest BCUT2D eigenvalue weighted by Gasteiger charge is 2.29. The average molecular weight is 354 g/mol. The Labute approximate surface area is 133 Å². The van der Waals surface area contributed by atoms with E-state index in [0.29, 0.717) is 6.61 Å². The zero-order valence-electron chi connectivity index (χ0n) is 12.2. The SMILES string of the molecule is CC(OCC1CCCO1)C(=O)N1CCc2ccc(Br)cc21. The van der Waals surface area contributed by atoms with Crippen LogP contribution in [0.25, 0.3) is 0 Å². The second-order valence-electron chi connectivity index (χ2n) is 5.62. The van der Waals surface area contributed by atoms with Crippen molar-refractivity contribution in [2.24, 2.45) is 0 Å². The van der Waals surface area contributed by atoms with Crippen LogP contribution in [-0.4, -0.2) is 37.9 Å². The van der Waals surface area contributed by atoms with Gasteiger partial charge in [-0.05, 0) is 43.9 Å². The van der Waals surface area contributed by atoms with Gasteiger partial charge in [0.05, 0.1) is 12.7 Å². The Hall–Kier alpha value is -0.910. The molecule has 21 heavy (non-hydrogen) atoms. The molecule has 3 rings (SSSR count). The van der Waals surface area contributed by atoms with Gasteiger partial charge in [-0.25, -0.2) is 0 Å². The number of nitrogens with zero attached hydrogens (tertiary/aromatic N) is 1. The molecule has 0 aliphatic carbocycles. The van der Waals surface area contributed by atoms with E-state index in [9.17, 15) is 4.79 Å². The number of ether oxygens (including phenoxy) is 2. The number of rotatable bonds is 4. The minimum absolute atomic E-state index is 0.0323. The molecule has 1 fully saturated rings. The first kappa shape index (κ1) is 15.0. The number of benzene rings is 1. The molecule has 1 aromatic rings. The number of hydrogen-bond acceptors (Lipinski definition) is 3. The van der Waals surface area contributed by atoms with Gasteiger partial charge >= 0.3 is 0 Å². The maximum atomic E-state index is 12.6. The maximum Gasteiger partial charge on any atom is 0.255 e. The number of amides is 1. The van der Waals surface area contributed by atoms with Crippen molar-refractivity contribution in [3.05, 3.63) is 28.2 Å². The van der Waals surface area contributed by atoms with Crippen molar-refractivity contribution in [1.29, 1.82) is 0 Å². The summed E-state index contributed by atoms with van der Waals surface area (Å²) in [6.45, 7) is 3.88. The molecule has 114 valence electrons. The van der Waals surface area contributed by atoms with Crippen LogP contribution in [0, 0.1) is 0 Å². The van der Waals surface area contributed by atoms with Crippen LogP contribution in [0.2, 0.25) is 0 Å². The fourth-order valence-electron chi connectivity index (χ4n) is 2.90. The highest BCUT2D eigenvalue weighted by atomic mass is 79.9. The third-order valence-corrected chi connectivity index (χ3v) is 4.61. The van der Waals surface area contributed by atoms with Gasteiger partial charge in [-0.1, -0.05) is 22.0 Å². The lowest BCUT2D eigenvalue weighted by atomic mass is 10.2. The summed E-state index contributed by atoms with van der Waals surface area (Å²) in [5.41, 5.74) is 2.22. The molecule has 2 atom stereocenters. The summed E-state index contributed by atoms with van der Waals surface area (Å²) in [4.78, 5) is 14.4. The number of carbonyl (C=O) groups excluding carboxylic acids is 1. The van der Waals surface area contributed by atoms with Crippen molar-refractivity contribution < 1.29 is 14.3 Å². The molecule has 0 aromatic heterocycles. The van der Waals surface area contributed by atoms with Gasteiger partial charge in [0.15, 0.2) is 0 Å². The monoisotopic (exact) mass is 353 g/mol. The topological polar surface area (TPSA) is 38.8 Å². The smallest absolute Gasteiger partial charge is 0.255 e. The molecule has 0 saturated carbocycles. The van der Waals surface area contributed by atoms with E-state index in [1.54, 1.807) is 0 Å². The predicted molar refractivity (Wildman–Crippen MR) is 84.6 cm³/mol. The van der Waals surface area contributed by atoms with E-state index < -0.39 is 6.10 Å². The van der Waals surface area contributed by atoms with Crippen LogP contribution < -0.4 is 4.90 Å². The summed E-state index contributed by atoms with van der Waals surface area (Å²) in [5, 5.41) is 0. The Morgan fingerprint density at radius 2 is 2.43 bits per heavy atom. The predicted octanol–water partition coefficient (Wildman–Crippen LogP) is 2.92. The molecule has 0 radical (unpaired) electrons. The number of halogens is 1. The van der Waals surface area contributed by atoms with E-state index in [4.69, 9.17) is 9.47 Å². The number of fused-ring (bicyclic) bond motifs is 1. The molecule has 1 amide bonds. The van der Waals surface area contributed by atoms with Crippen LogP contribution in [0.4, 0.5) is 5.69 Å². The van der Waals surface area contributed by atoms with Gasteiger partial charge in [0.1, 0.15) is 6.10 Å². The highest BCUT2D eigenvalue weighted by Crippen LogP contribution is 2.31. The molecule has 2 aliphatic rings. The van der Waals surface area contributed by atoms with Crippen LogP contribution >= 0.6 is 15.9 Å². The summed E-state index contributed by atoms with van der Waals surface area (Å²) in [7, 11) is 0. The molecular weight excluding hydrogens is 334 g/mol. The third-order valence-electron chi connectivity index (χ3n) is 4.11. The van der Waals surface area contributed by atoms with Crippen molar-refractivity contribution in [2.75, 3.05) is 24.7 Å². The quantitative estimate of drug-likeness (QED) is 0.835. The molecule has 4 nitrogen and oxygen atoms in total. The van der Waals surface area contributed by atoms with E-state index in [-0.39, 0.29) is 12.0 Å². The van der Waals surface area contributed by atoms with Crippen LogP contribution in [0.3, 0.4) is 0 Å². The highest BCUT2D eigenvalue weighted by molar-refractivity contribution is 9.10. The van der Waals surface area contributed by atoms with E-state index in [0.717, 1.165) is 42.6 Å². The van der Waals surface area contributed by atoms with Crippen molar-refractivity contribution in [3.63, 3.8) is 0 Å². The molecule has 1 aromatic carbocycles. The summed E-state index contributed by atoms with van der Waals surface area (Å²) in [6, 6.07) is 6.10. The van der Waals surface area contributed by atoms with Crippen molar-refractivity contribution in [1.82, 2.24) is 0 Å². The molecule has 2 heterocycles. The molecule has 5 heteroatoms. The molecule has 1 saturated heterocycles. The molecule has 2 aliphatic heterocycles. The summed E-state index contributed by atoms with van der Waals surface area (Å²) in [6.07, 6.45) is 2.75. The van der Waals surface area contributed by atoms with E-state index in [1.807, 2.05) is 24.0 Å². The van der Waals surface area contributed by atoms with E-state index in [2.05, 4.69) is 22.0 Å². The van der Waals surface area contributed by atoms with Crippen molar-refractivity contribution in [2.45, 2.75) is 38.4 Å². The minimum Gasteiger partial charge on any atom is -0.376 e. The van der Waals surface area contributed by atoms with Crippen LogP contribution in [-0.2, 0) is 20.7 Å². The van der Waals surface area contributed by atoms with E-state index >= 15 is 0 Å². The molecule has 0 N–H and O–H groups in total. The number of carbonyl (C=O) groups is 1. The summed E-state index contributed by atoms with van der Waals surface area (Å²) >= 11 is 3.47. The van der Waals surface area contributed by atoms with Crippen LogP contribution in [0.15, 0.2) is 22.7 Å². The standard InChI is InChI=1S/C16H20BrNO3/c1-11(21-10-14-3-2-8-20-14)16(19)18-7-6-12-4-5-13(17)9-15(12)18/h4-5,9,11,14H,2-3,6-8,10H2,1H3. The van der Waals surface area contributed by atoms with Gasteiger partial charge in [0, 0.05) is 23.3 Å². The van der Waals surface area contributed by atoms with Crippen molar-refractivity contribution >= 4 is 27.5 Å². The van der Waals surface area contributed by atoms with Gasteiger partial charge in [-0.3, -0.25) is 4.79 Å². The number of hydrogen-bond donors (Lipinski definition) is 0. The lowest BCUT2D eigenvalue weighted by molar-refractivity contribution is -0.130. The molecular formula is C16H20BrNO3.